The molecule has 1 amide bonds. The van der Waals surface area contributed by atoms with Crippen LogP contribution >= 0.6 is 11.3 Å². The molecule has 0 fully saturated rings. The molecule has 1 aliphatic rings. The first kappa shape index (κ1) is 18.7. The zero-order chi connectivity index (χ0) is 18.4. The predicted molar refractivity (Wildman–Crippen MR) is 100.0 cm³/mol. The number of amides is 1. The minimum Gasteiger partial charge on any atom is -0.501 e. The van der Waals surface area contributed by atoms with Crippen molar-refractivity contribution < 1.29 is 9.90 Å². The van der Waals surface area contributed by atoms with Crippen molar-refractivity contribution in [2.45, 2.75) is 32.7 Å². The van der Waals surface area contributed by atoms with Crippen molar-refractivity contribution in [2.75, 3.05) is 0 Å². The van der Waals surface area contributed by atoms with E-state index in [1.165, 1.54) is 16.9 Å². The maximum atomic E-state index is 12.3. The summed E-state index contributed by atoms with van der Waals surface area (Å²) in [7, 11) is 0. The number of aromatic hydroxyl groups is 1. The third kappa shape index (κ3) is 4.67. The maximum Gasteiger partial charge on any atom is 0.294 e. The number of aromatic amines is 1. The summed E-state index contributed by atoms with van der Waals surface area (Å²) >= 11 is 1.39. The molecular formula is C18H21N3O3S. The van der Waals surface area contributed by atoms with Crippen LogP contribution in [0.4, 0.5) is 0 Å². The standard InChI is InChI=1S/C15H15N3O3S.C3H6/c1-8-4-5-9(7-8)16-14(20)11-12(19)15(21)18-13(17-11)10-3-2-6-22-10;1-3-2/h2-3,6-7,9,19H,4-5H2,1H3,(H,16,20)(H,17,18,21);3H,1H2,2H3. The van der Waals surface area contributed by atoms with E-state index in [4.69, 9.17) is 0 Å². The molecule has 0 radical (unpaired) electrons. The van der Waals surface area contributed by atoms with Gasteiger partial charge in [-0.05, 0) is 38.1 Å². The Bertz CT molecular complexity index is 838. The highest BCUT2D eigenvalue weighted by Gasteiger charge is 2.22. The number of thiophene rings is 1. The molecule has 0 saturated carbocycles. The Balaban J connectivity index is 0.000000701. The van der Waals surface area contributed by atoms with Gasteiger partial charge >= 0.3 is 0 Å². The first-order chi connectivity index (χ1) is 12.0. The smallest absolute Gasteiger partial charge is 0.294 e. The predicted octanol–water partition coefficient (Wildman–Crippen LogP) is 3.23. The number of carbonyl (C=O) groups excluding carboxylic acids is 1. The van der Waals surface area contributed by atoms with Crippen LogP contribution in [0.25, 0.3) is 10.7 Å². The summed E-state index contributed by atoms with van der Waals surface area (Å²) in [5.41, 5.74) is 0.250. The van der Waals surface area contributed by atoms with Crippen molar-refractivity contribution in [2.24, 2.45) is 0 Å². The van der Waals surface area contributed by atoms with Crippen LogP contribution in [-0.2, 0) is 0 Å². The molecule has 2 aromatic rings. The molecule has 25 heavy (non-hydrogen) atoms. The molecular weight excluding hydrogens is 338 g/mol. The van der Waals surface area contributed by atoms with Crippen molar-refractivity contribution in [1.29, 1.82) is 0 Å². The number of nitrogens with zero attached hydrogens (tertiary/aromatic N) is 1. The van der Waals surface area contributed by atoms with E-state index in [2.05, 4.69) is 21.9 Å². The lowest BCUT2D eigenvalue weighted by Crippen LogP contribution is -2.33. The molecule has 0 bridgehead atoms. The highest BCUT2D eigenvalue weighted by molar-refractivity contribution is 7.13. The molecule has 132 valence electrons. The summed E-state index contributed by atoms with van der Waals surface area (Å²) in [5.74, 6) is -0.921. The van der Waals surface area contributed by atoms with Crippen molar-refractivity contribution in [3.05, 3.63) is 57.9 Å². The van der Waals surface area contributed by atoms with E-state index < -0.39 is 17.2 Å². The van der Waals surface area contributed by atoms with E-state index in [1.54, 1.807) is 12.1 Å². The number of H-pyrrole nitrogens is 1. The molecule has 2 heterocycles. The second kappa shape index (κ2) is 8.43. The van der Waals surface area contributed by atoms with Gasteiger partial charge in [0.1, 0.15) is 0 Å². The van der Waals surface area contributed by atoms with E-state index in [-0.39, 0.29) is 17.6 Å². The van der Waals surface area contributed by atoms with Gasteiger partial charge in [0, 0.05) is 6.04 Å². The average molecular weight is 359 g/mol. The van der Waals surface area contributed by atoms with Gasteiger partial charge in [0.25, 0.3) is 11.5 Å². The first-order valence-corrected chi connectivity index (χ1v) is 8.76. The average Bonchev–Trinajstić information content (AvgIpc) is 3.22. The topological polar surface area (TPSA) is 95.1 Å². The lowest BCUT2D eigenvalue weighted by molar-refractivity contribution is 0.0936. The molecule has 1 unspecified atom stereocenters. The second-order valence-electron chi connectivity index (χ2n) is 5.63. The third-order valence-electron chi connectivity index (χ3n) is 3.52. The Hall–Kier alpha value is -2.67. The fourth-order valence-corrected chi connectivity index (χ4v) is 3.07. The lowest BCUT2D eigenvalue weighted by Gasteiger charge is -2.11. The van der Waals surface area contributed by atoms with Crippen molar-refractivity contribution >= 4 is 17.2 Å². The van der Waals surface area contributed by atoms with E-state index in [0.29, 0.717) is 0 Å². The molecule has 7 heteroatoms. The van der Waals surface area contributed by atoms with Gasteiger partial charge in [-0.1, -0.05) is 23.8 Å². The third-order valence-corrected chi connectivity index (χ3v) is 4.39. The summed E-state index contributed by atoms with van der Waals surface area (Å²) in [6.07, 6.45) is 5.47. The molecule has 1 aliphatic carbocycles. The first-order valence-electron chi connectivity index (χ1n) is 7.88. The van der Waals surface area contributed by atoms with Gasteiger partial charge in [-0.3, -0.25) is 9.59 Å². The molecule has 6 nitrogen and oxygen atoms in total. The summed E-state index contributed by atoms with van der Waals surface area (Å²) in [4.78, 5) is 31.4. The van der Waals surface area contributed by atoms with Crippen LogP contribution in [0, 0.1) is 0 Å². The molecule has 0 aliphatic heterocycles. The van der Waals surface area contributed by atoms with E-state index in [9.17, 15) is 14.7 Å². The molecule has 3 rings (SSSR count). The fourth-order valence-electron chi connectivity index (χ4n) is 2.40. The molecule has 2 aromatic heterocycles. The van der Waals surface area contributed by atoms with Crippen LogP contribution in [0.5, 0.6) is 5.75 Å². The quantitative estimate of drug-likeness (QED) is 0.733. The summed E-state index contributed by atoms with van der Waals surface area (Å²) in [5, 5.41) is 14.5. The number of hydrogen-bond donors (Lipinski definition) is 3. The van der Waals surface area contributed by atoms with Gasteiger partial charge < -0.3 is 15.4 Å². The normalized spacial score (nSPS) is 15.8. The van der Waals surface area contributed by atoms with E-state index >= 15 is 0 Å². The maximum absolute atomic E-state index is 12.3. The van der Waals surface area contributed by atoms with Crippen LogP contribution in [0.2, 0.25) is 0 Å². The van der Waals surface area contributed by atoms with Crippen LogP contribution in [0.15, 0.2) is 46.6 Å². The van der Waals surface area contributed by atoms with Crippen LogP contribution in [0.1, 0.15) is 37.2 Å². The van der Waals surface area contributed by atoms with Gasteiger partial charge in [0.05, 0.1) is 4.88 Å². The number of hydrogen-bond acceptors (Lipinski definition) is 5. The van der Waals surface area contributed by atoms with Crippen LogP contribution in [-0.4, -0.2) is 27.0 Å². The minimum absolute atomic E-state index is 0.0850. The van der Waals surface area contributed by atoms with Gasteiger partial charge in [0.2, 0.25) is 5.75 Å². The number of aromatic nitrogens is 2. The van der Waals surface area contributed by atoms with E-state index in [1.807, 2.05) is 31.4 Å². The highest BCUT2D eigenvalue weighted by atomic mass is 32.1. The molecule has 1 atom stereocenters. The number of nitrogens with one attached hydrogen (secondary N) is 2. The number of rotatable bonds is 3. The highest BCUT2D eigenvalue weighted by Crippen LogP contribution is 2.22. The largest absolute Gasteiger partial charge is 0.501 e. The zero-order valence-corrected chi connectivity index (χ0v) is 15.0. The SMILES string of the molecule is C=CC.CC1=CC(NC(=O)c2nc(-c3cccs3)[nH]c(=O)c2O)CC1. The Morgan fingerprint density at radius 1 is 1.56 bits per heavy atom. The van der Waals surface area contributed by atoms with Crippen molar-refractivity contribution in [3.8, 4) is 16.5 Å². The van der Waals surface area contributed by atoms with Crippen LogP contribution in [0.3, 0.4) is 0 Å². The Morgan fingerprint density at radius 3 is 2.84 bits per heavy atom. The Kier molecular flexibility index (Phi) is 6.30. The lowest BCUT2D eigenvalue weighted by atomic mass is 10.2. The summed E-state index contributed by atoms with van der Waals surface area (Å²) < 4.78 is 0. The molecule has 0 saturated heterocycles. The van der Waals surface area contributed by atoms with Crippen molar-refractivity contribution in [3.63, 3.8) is 0 Å². The number of allylic oxidation sites excluding steroid dienone is 2. The summed E-state index contributed by atoms with van der Waals surface area (Å²) in [6, 6.07) is 3.52. The fraction of sp³-hybridized carbons (Fsp3) is 0.278. The molecule has 3 N–H and O–H groups in total. The second-order valence-corrected chi connectivity index (χ2v) is 6.58. The van der Waals surface area contributed by atoms with Crippen molar-refractivity contribution in [1.82, 2.24) is 15.3 Å². The minimum atomic E-state index is -0.721. The van der Waals surface area contributed by atoms with Gasteiger partial charge in [0.15, 0.2) is 11.5 Å². The molecule has 0 spiro atoms. The summed E-state index contributed by atoms with van der Waals surface area (Å²) in [6.45, 7) is 7.25. The number of carbonyl (C=O) groups is 1. The van der Waals surface area contributed by atoms with Gasteiger partial charge in [-0.25, -0.2) is 4.98 Å². The van der Waals surface area contributed by atoms with Gasteiger partial charge in [-0.2, -0.15) is 0 Å². The van der Waals surface area contributed by atoms with Gasteiger partial charge in [-0.15, -0.1) is 17.9 Å². The van der Waals surface area contributed by atoms with E-state index in [0.717, 1.165) is 17.7 Å². The monoisotopic (exact) mass is 359 g/mol. The Labute approximate surface area is 150 Å². The van der Waals surface area contributed by atoms with Crippen LogP contribution < -0.4 is 10.9 Å². The Morgan fingerprint density at radius 2 is 2.28 bits per heavy atom. The zero-order valence-electron chi connectivity index (χ0n) is 14.2. The molecule has 0 aromatic carbocycles.